The number of hydrogen-bond acceptors (Lipinski definition) is 6. The van der Waals surface area contributed by atoms with E-state index in [1.807, 2.05) is 22.9 Å². The highest BCUT2D eigenvalue weighted by molar-refractivity contribution is 7.08. The number of alkyl halides is 3. The lowest BCUT2D eigenvalue weighted by Gasteiger charge is -2.40. The van der Waals surface area contributed by atoms with Crippen LogP contribution in [0.15, 0.2) is 69.4 Å². The van der Waals surface area contributed by atoms with Gasteiger partial charge in [0.1, 0.15) is 0 Å². The van der Waals surface area contributed by atoms with Gasteiger partial charge in [0.25, 0.3) is 5.91 Å². The first-order valence-corrected chi connectivity index (χ1v) is 15.5. The van der Waals surface area contributed by atoms with Crippen molar-refractivity contribution < 1.29 is 22.7 Å². The summed E-state index contributed by atoms with van der Waals surface area (Å²) in [6.07, 6.45) is -1.13. The summed E-state index contributed by atoms with van der Waals surface area (Å²) in [5, 5.41) is 9.84. The van der Waals surface area contributed by atoms with Gasteiger partial charge >= 0.3 is 6.18 Å². The van der Waals surface area contributed by atoms with E-state index in [1.165, 1.54) is 17.4 Å². The number of nitrogens with one attached hydrogen (secondary N) is 2. The van der Waals surface area contributed by atoms with Gasteiger partial charge in [0.05, 0.1) is 5.56 Å². The molecule has 2 fully saturated rings. The third-order valence-corrected chi connectivity index (χ3v) is 9.19. The van der Waals surface area contributed by atoms with Crippen molar-refractivity contribution >= 4 is 28.9 Å². The van der Waals surface area contributed by atoms with E-state index in [4.69, 9.17) is 16.0 Å². The van der Waals surface area contributed by atoms with Gasteiger partial charge in [-0.05, 0) is 101 Å². The summed E-state index contributed by atoms with van der Waals surface area (Å²) in [6, 6.07) is 13.1. The zero-order valence-electron chi connectivity index (χ0n) is 24.9. The highest BCUT2D eigenvalue weighted by Gasteiger charge is 2.47. The van der Waals surface area contributed by atoms with Gasteiger partial charge in [0.2, 0.25) is 5.96 Å². The molecule has 12 heteroatoms. The fourth-order valence-corrected chi connectivity index (χ4v) is 6.62. The lowest BCUT2D eigenvalue weighted by atomic mass is 9.71. The number of anilines is 1. The van der Waals surface area contributed by atoms with Crippen LogP contribution < -0.4 is 11.1 Å². The van der Waals surface area contributed by atoms with Crippen LogP contribution in [0, 0.1) is 16.9 Å². The van der Waals surface area contributed by atoms with Gasteiger partial charge in [-0.15, -0.1) is 5.11 Å². The van der Waals surface area contributed by atoms with Crippen molar-refractivity contribution in [2.24, 2.45) is 27.2 Å². The molecule has 5 rings (SSSR count). The molecular weight excluding hydrogens is 589 g/mol. The topological polar surface area (TPSA) is 119 Å². The number of halogens is 3. The van der Waals surface area contributed by atoms with Crippen LogP contribution >= 0.6 is 11.3 Å². The summed E-state index contributed by atoms with van der Waals surface area (Å²) >= 11 is 1.43. The number of epoxide rings is 1. The number of nitrogens with two attached hydrogens (primary N) is 1. The molecule has 3 aromatic rings. The number of carbonyl (C=O) groups excluding carboxylic acids is 1. The molecular formula is C32H37F3N6O2S. The molecule has 1 saturated carbocycles. The maximum Gasteiger partial charge on any atom is 0.416 e. The summed E-state index contributed by atoms with van der Waals surface area (Å²) in [7, 11) is 0. The van der Waals surface area contributed by atoms with Gasteiger partial charge in [0.15, 0.2) is 12.5 Å². The number of amides is 1. The summed E-state index contributed by atoms with van der Waals surface area (Å²) in [5.41, 5.74) is 14.6. The van der Waals surface area contributed by atoms with E-state index in [2.05, 4.69) is 41.1 Å². The number of rotatable bonds is 8. The van der Waals surface area contributed by atoms with Crippen LogP contribution in [0.3, 0.4) is 0 Å². The minimum Gasteiger partial charge on any atom is -0.366 e. The second-order valence-corrected chi connectivity index (χ2v) is 13.3. The van der Waals surface area contributed by atoms with Crippen molar-refractivity contribution in [3.8, 4) is 11.1 Å². The number of hydrogen-bond donors (Lipinski definition) is 3. The van der Waals surface area contributed by atoms with E-state index >= 15 is 0 Å². The number of ether oxygens (including phenoxy) is 1. The zero-order valence-corrected chi connectivity index (χ0v) is 25.7. The molecule has 0 spiro atoms. The Balaban J connectivity index is 1.35. The van der Waals surface area contributed by atoms with E-state index in [-0.39, 0.29) is 17.7 Å². The van der Waals surface area contributed by atoms with Gasteiger partial charge < -0.3 is 15.8 Å². The fraction of sp³-hybridized carbons (Fsp3) is 0.438. The highest BCUT2D eigenvalue weighted by Crippen LogP contribution is 2.42. The summed E-state index contributed by atoms with van der Waals surface area (Å²) < 4.78 is 47.5. The van der Waals surface area contributed by atoms with Crippen molar-refractivity contribution in [1.82, 2.24) is 4.90 Å². The largest absolute Gasteiger partial charge is 0.416 e. The number of guanidine groups is 1. The lowest BCUT2D eigenvalue weighted by molar-refractivity contribution is -0.137. The van der Waals surface area contributed by atoms with Gasteiger partial charge in [-0.25, -0.2) is 5.53 Å². The number of carbonyl (C=O) groups is 1. The molecule has 1 amide bonds. The van der Waals surface area contributed by atoms with E-state index in [0.717, 1.165) is 42.9 Å². The first-order valence-electron chi connectivity index (χ1n) is 14.6. The molecule has 2 aromatic carbocycles. The predicted octanol–water partition coefficient (Wildman–Crippen LogP) is 8.12. The Hall–Kier alpha value is -3.61. The molecule has 1 aliphatic carbocycles. The Morgan fingerprint density at radius 3 is 2.36 bits per heavy atom. The number of aliphatic imine (C=N–C) groups is 1. The van der Waals surface area contributed by atoms with Gasteiger partial charge in [-0.1, -0.05) is 32.9 Å². The van der Waals surface area contributed by atoms with E-state index < -0.39 is 29.8 Å². The Morgan fingerprint density at radius 2 is 1.77 bits per heavy atom. The minimum atomic E-state index is -4.48. The van der Waals surface area contributed by atoms with Crippen molar-refractivity contribution in [2.45, 2.75) is 77.7 Å². The Bertz CT molecular complexity index is 1490. The summed E-state index contributed by atoms with van der Waals surface area (Å²) in [4.78, 5) is 18.2. The lowest BCUT2D eigenvalue weighted by Crippen LogP contribution is -2.42. The number of thiophene rings is 1. The Morgan fingerprint density at radius 1 is 1.07 bits per heavy atom. The van der Waals surface area contributed by atoms with Crippen LogP contribution in [0.5, 0.6) is 0 Å². The molecule has 44 heavy (non-hydrogen) atoms. The van der Waals surface area contributed by atoms with Gasteiger partial charge in [-0.2, -0.15) is 29.5 Å². The average Bonchev–Trinajstić information content (AvgIpc) is 3.50. The van der Waals surface area contributed by atoms with Crippen LogP contribution in [0.1, 0.15) is 67.9 Å². The highest BCUT2D eigenvalue weighted by atomic mass is 32.1. The maximum absolute atomic E-state index is 13.8. The molecule has 0 radical (unpaired) electrons. The van der Waals surface area contributed by atoms with Gasteiger partial charge in [0, 0.05) is 23.8 Å². The monoisotopic (exact) mass is 626 g/mol. The second-order valence-electron chi connectivity index (χ2n) is 12.5. The zero-order chi connectivity index (χ0) is 31.6. The smallest absolute Gasteiger partial charge is 0.366 e. The molecule has 1 aromatic heterocycles. The molecule has 8 nitrogen and oxygen atoms in total. The number of nitrogens with zero attached hydrogens (tertiary/aromatic N) is 3. The molecule has 2 unspecified atom stereocenters. The molecule has 1 aliphatic heterocycles. The molecule has 1 saturated heterocycles. The van der Waals surface area contributed by atoms with Crippen molar-refractivity contribution in [3.05, 3.63) is 76.0 Å². The Labute approximate surface area is 259 Å². The maximum atomic E-state index is 13.8. The SMILES string of the molecule is CC(C)(C)C1CCC(N(Cc2ccc(C(=O)N=C(N)N=N)cc2)C2OC2Nc2cc(-c3ccsc3)cc(C(F)(F)F)c2)CC1. The molecule has 2 aliphatic rings. The Kier molecular flexibility index (Phi) is 9.24. The standard InChI is InChI=1S/C32H37F3N6O2S/c1-31(2,3)23-8-10-26(11-9-23)41(17-19-4-6-20(7-5-19)27(42)39-30(36)40-37)29-28(43-29)38-25-15-22(21-12-13-44-18-21)14-24(16-25)32(33,34)35/h4-7,12-16,18,23,26,28-29,37-38H,8-11,17H2,1-3H3,(H2,36,39,42). The molecule has 2 atom stereocenters. The van der Waals surface area contributed by atoms with E-state index in [1.54, 1.807) is 24.3 Å². The first kappa shape index (κ1) is 31.8. The normalized spacial score (nSPS) is 22.6. The van der Waals surface area contributed by atoms with Crippen molar-refractivity contribution in [2.75, 3.05) is 5.32 Å². The van der Waals surface area contributed by atoms with Crippen LogP contribution in [0.25, 0.3) is 11.1 Å². The van der Waals surface area contributed by atoms with Crippen molar-refractivity contribution in [1.29, 1.82) is 5.53 Å². The van der Waals surface area contributed by atoms with E-state index in [0.29, 0.717) is 29.3 Å². The average molecular weight is 627 g/mol. The summed E-state index contributed by atoms with van der Waals surface area (Å²) in [5.74, 6) is -0.382. The molecule has 2 heterocycles. The number of benzene rings is 2. The third-order valence-electron chi connectivity index (χ3n) is 8.51. The third kappa shape index (κ3) is 7.72. The fourth-order valence-electron chi connectivity index (χ4n) is 5.95. The first-order chi connectivity index (χ1) is 20.8. The molecule has 234 valence electrons. The second kappa shape index (κ2) is 12.8. The van der Waals surface area contributed by atoms with Gasteiger partial charge in [-0.3, -0.25) is 9.69 Å². The molecule has 0 bridgehead atoms. The summed E-state index contributed by atoms with van der Waals surface area (Å²) in [6.45, 7) is 7.37. The van der Waals surface area contributed by atoms with Crippen LogP contribution in [-0.4, -0.2) is 35.3 Å². The van der Waals surface area contributed by atoms with Crippen LogP contribution in [-0.2, 0) is 17.5 Å². The van der Waals surface area contributed by atoms with Crippen LogP contribution in [0.2, 0.25) is 0 Å². The van der Waals surface area contributed by atoms with E-state index in [9.17, 15) is 18.0 Å². The molecule has 4 N–H and O–H groups in total. The minimum absolute atomic E-state index is 0.223. The van der Waals surface area contributed by atoms with Crippen molar-refractivity contribution in [3.63, 3.8) is 0 Å². The quantitative estimate of drug-likeness (QED) is 0.101. The predicted molar refractivity (Wildman–Crippen MR) is 165 cm³/mol. The van der Waals surface area contributed by atoms with Crippen LogP contribution in [0.4, 0.5) is 18.9 Å².